The lowest BCUT2D eigenvalue weighted by atomic mass is 9.55. The fraction of sp³-hybridized carbons (Fsp3) is 0.800. The number of nitrogens with zero attached hydrogens (tertiary/aromatic N) is 2. The summed E-state index contributed by atoms with van der Waals surface area (Å²) >= 11 is 0. The van der Waals surface area contributed by atoms with Crippen LogP contribution in [0.3, 0.4) is 0 Å². The molecule has 3 unspecified atom stereocenters. The average molecular weight is 263 g/mol. The van der Waals surface area contributed by atoms with Crippen molar-refractivity contribution < 1.29 is 4.74 Å². The van der Waals surface area contributed by atoms with Crippen molar-refractivity contribution in [1.29, 1.82) is 0 Å². The van der Waals surface area contributed by atoms with E-state index in [1.54, 1.807) is 0 Å². The normalized spacial score (nSPS) is 32.7. The molecule has 0 bridgehead atoms. The molecular weight excluding hydrogens is 238 g/mol. The van der Waals surface area contributed by atoms with Gasteiger partial charge in [0, 0.05) is 48.8 Å². The summed E-state index contributed by atoms with van der Waals surface area (Å²) < 4.78 is 7.89. The van der Waals surface area contributed by atoms with Crippen molar-refractivity contribution >= 4 is 0 Å². The molecular formula is C15H25N3O. The second kappa shape index (κ2) is 4.60. The van der Waals surface area contributed by atoms with Crippen molar-refractivity contribution in [2.45, 2.75) is 52.3 Å². The van der Waals surface area contributed by atoms with E-state index in [1.165, 1.54) is 24.1 Å². The third-order valence-electron chi connectivity index (χ3n) is 5.18. The smallest absolute Gasteiger partial charge is 0.0684 e. The van der Waals surface area contributed by atoms with Crippen LogP contribution in [0, 0.1) is 18.3 Å². The minimum absolute atomic E-state index is 0.251. The Bertz CT molecular complexity index is 466. The zero-order valence-corrected chi connectivity index (χ0v) is 12.4. The lowest BCUT2D eigenvalue weighted by Gasteiger charge is -2.60. The Morgan fingerprint density at radius 2 is 2.32 bits per heavy atom. The van der Waals surface area contributed by atoms with E-state index in [4.69, 9.17) is 4.74 Å². The topological polar surface area (TPSA) is 39.1 Å². The van der Waals surface area contributed by atoms with Crippen LogP contribution in [0.25, 0.3) is 0 Å². The van der Waals surface area contributed by atoms with Crippen LogP contribution in [0.2, 0.25) is 0 Å². The first kappa shape index (κ1) is 13.1. The standard InChI is InChI=1S/C15H25N3O/c1-10-11(9-17-18(10)4)8-16-13-12-6-5-7-19-14(12)15(13,2)3/h9,12-14,16H,5-8H2,1-4H3. The molecule has 2 aliphatic rings. The number of nitrogens with one attached hydrogen (secondary N) is 1. The quantitative estimate of drug-likeness (QED) is 0.907. The van der Waals surface area contributed by atoms with Crippen molar-refractivity contribution in [3.05, 3.63) is 17.5 Å². The van der Waals surface area contributed by atoms with Crippen molar-refractivity contribution in [2.24, 2.45) is 18.4 Å². The summed E-state index contributed by atoms with van der Waals surface area (Å²) in [6.07, 6.45) is 4.94. The highest BCUT2D eigenvalue weighted by Crippen LogP contribution is 2.51. The highest BCUT2D eigenvalue weighted by Gasteiger charge is 2.57. The van der Waals surface area contributed by atoms with Crippen LogP contribution in [0.5, 0.6) is 0 Å². The monoisotopic (exact) mass is 263 g/mol. The molecule has 0 aromatic carbocycles. The Morgan fingerprint density at radius 1 is 1.53 bits per heavy atom. The van der Waals surface area contributed by atoms with Crippen molar-refractivity contribution in [3.63, 3.8) is 0 Å². The lowest BCUT2D eigenvalue weighted by molar-refractivity contribution is -0.192. The minimum Gasteiger partial charge on any atom is -0.377 e. The van der Waals surface area contributed by atoms with Crippen LogP contribution in [-0.4, -0.2) is 28.5 Å². The summed E-state index contributed by atoms with van der Waals surface area (Å²) in [5.41, 5.74) is 2.81. The zero-order valence-electron chi connectivity index (χ0n) is 12.4. The number of hydrogen-bond donors (Lipinski definition) is 1. The van der Waals surface area contributed by atoms with Crippen LogP contribution in [0.4, 0.5) is 0 Å². The van der Waals surface area contributed by atoms with Gasteiger partial charge in [0.2, 0.25) is 0 Å². The van der Waals surface area contributed by atoms with Gasteiger partial charge in [-0.15, -0.1) is 0 Å². The van der Waals surface area contributed by atoms with E-state index < -0.39 is 0 Å². The van der Waals surface area contributed by atoms with Crippen LogP contribution < -0.4 is 5.32 Å². The molecule has 1 aliphatic carbocycles. The molecule has 4 heteroatoms. The second-order valence-corrected chi connectivity index (χ2v) is 6.66. The molecule has 2 fully saturated rings. The molecule has 2 heterocycles. The van der Waals surface area contributed by atoms with Gasteiger partial charge in [-0.25, -0.2) is 0 Å². The largest absolute Gasteiger partial charge is 0.377 e. The number of hydrogen-bond acceptors (Lipinski definition) is 3. The number of ether oxygens (including phenoxy) is 1. The fourth-order valence-corrected chi connectivity index (χ4v) is 3.87. The summed E-state index contributed by atoms with van der Waals surface area (Å²) in [7, 11) is 2.00. The maximum Gasteiger partial charge on any atom is 0.0684 e. The molecule has 0 spiro atoms. The van der Waals surface area contributed by atoms with Gasteiger partial charge in [0.05, 0.1) is 12.3 Å². The molecule has 19 heavy (non-hydrogen) atoms. The van der Waals surface area contributed by atoms with Gasteiger partial charge >= 0.3 is 0 Å². The predicted molar refractivity (Wildman–Crippen MR) is 74.8 cm³/mol. The molecule has 1 aromatic rings. The Balaban J connectivity index is 1.65. The van der Waals surface area contributed by atoms with E-state index in [2.05, 4.69) is 31.2 Å². The Hall–Kier alpha value is -0.870. The highest BCUT2D eigenvalue weighted by molar-refractivity contribution is 5.17. The lowest BCUT2D eigenvalue weighted by Crippen LogP contribution is -2.69. The van der Waals surface area contributed by atoms with Gasteiger partial charge in [-0.2, -0.15) is 5.10 Å². The molecule has 1 aromatic heterocycles. The van der Waals surface area contributed by atoms with Gasteiger partial charge in [-0.1, -0.05) is 13.8 Å². The number of aromatic nitrogens is 2. The Morgan fingerprint density at radius 3 is 3.00 bits per heavy atom. The van der Waals surface area contributed by atoms with E-state index >= 15 is 0 Å². The van der Waals surface area contributed by atoms with Crippen LogP contribution in [0.1, 0.15) is 37.9 Å². The van der Waals surface area contributed by atoms with E-state index in [1.807, 2.05) is 17.9 Å². The van der Waals surface area contributed by atoms with E-state index in [9.17, 15) is 0 Å². The summed E-state index contributed by atoms with van der Waals surface area (Å²) in [6.45, 7) is 8.64. The SMILES string of the molecule is Cc1c(CNC2C3CCCOC3C2(C)C)cnn1C. The van der Waals surface area contributed by atoms with Gasteiger partial charge < -0.3 is 10.1 Å². The first-order valence-electron chi connectivity index (χ1n) is 7.34. The number of aryl methyl sites for hydroxylation is 1. The first-order valence-corrected chi connectivity index (χ1v) is 7.34. The Kier molecular flexibility index (Phi) is 3.18. The maximum atomic E-state index is 5.95. The van der Waals surface area contributed by atoms with Crippen LogP contribution in [0.15, 0.2) is 6.20 Å². The zero-order chi connectivity index (χ0) is 13.6. The molecule has 3 rings (SSSR count). The molecule has 1 saturated heterocycles. The minimum atomic E-state index is 0.251. The average Bonchev–Trinajstić information content (AvgIpc) is 2.71. The summed E-state index contributed by atoms with van der Waals surface area (Å²) in [6, 6.07) is 0.567. The predicted octanol–water partition coefficient (Wildman–Crippen LogP) is 2.02. The third kappa shape index (κ3) is 2.01. The van der Waals surface area contributed by atoms with Gasteiger partial charge in [0.15, 0.2) is 0 Å². The van der Waals surface area contributed by atoms with E-state index in [-0.39, 0.29) is 5.41 Å². The first-order chi connectivity index (χ1) is 9.01. The fourth-order valence-electron chi connectivity index (χ4n) is 3.87. The van der Waals surface area contributed by atoms with Gasteiger partial charge in [-0.05, 0) is 19.8 Å². The van der Waals surface area contributed by atoms with Crippen LogP contribution in [-0.2, 0) is 18.3 Å². The highest BCUT2D eigenvalue weighted by atomic mass is 16.5. The van der Waals surface area contributed by atoms with Gasteiger partial charge in [0.1, 0.15) is 0 Å². The molecule has 106 valence electrons. The van der Waals surface area contributed by atoms with Crippen molar-refractivity contribution in [3.8, 4) is 0 Å². The van der Waals surface area contributed by atoms with E-state index in [0.29, 0.717) is 18.1 Å². The van der Waals surface area contributed by atoms with Gasteiger partial charge in [-0.3, -0.25) is 4.68 Å². The van der Waals surface area contributed by atoms with Gasteiger partial charge in [0.25, 0.3) is 0 Å². The molecule has 0 amide bonds. The molecule has 1 aliphatic heterocycles. The second-order valence-electron chi connectivity index (χ2n) is 6.66. The summed E-state index contributed by atoms with van der Waals surface area (Å²) in [4.78, 5) is 0. The molecule has 4 nitrogen and oxygen atoms in total. The Labute approximate surface area is 115 Å². The molecule has 1 saturated carbocycles. The third-order valence-corrected chi connectivity index (χ3v) is 5.18. The molecule has 3 atom stereocenters. The number of fused-ring (bicyclic) bond motifs is 1. The maximum absolute atomic E-state index is 5.95. The summed E-state index contributed by atoms with van der Waals surface area (Å²) in [5.74, 6) is 0.695. The van der Waals surface area contributed by atoms with Crippen molar-refractivity contribution in [1.82, 2.24) is 15.1 Å². The van der Waals surface area contributed by atoms with Crippen molar-refractivity contribution in [2.75, 3.05) is 6.61 Å². The van der Waals surface area contributed by atoms with E-state index in [0.717, 1.165) is 13.2 Å². The molecule has 0 radical (unpaired) electrons. The molecule has 1 N–H and O–H groups in total. The summed E-state index contributed by atoms with van der Waals surface area (Å²) in [5, 5.41) is 8.05. The van der Waals surface area contributed by atoms with Crippen LogP contribution >= 0.6 is 0 Å². The number of rotatable bonds is 3.